The number of rotatable bonds is 3. The number of benzene rings is 1. The maximum Gasteiger partial charge on any atom is 0.0916 e. The first-order chi connectivity index (χ1) is 8.54. The van der Waals surface area contributed by atoms with Gasteiger partial charge in [-0.25, -0.2) is 0 Å². The molecule has 3 unspecified atom stereocenters. The molecule has 1 aliphatic heterocycles. The van der Waals surface area contributed by atoms with E-state index < -0.39 is 0 Å². The molecule has 0 spiro atoms. The summed E-state index contributed by atoms with van der Waals surface area (Å²) in [5.41, 5.74) is 2.27. The van der Waals surface area contributed by atoms with Gasteiger partial charge in [0.05, 0.1) is 6.10 Å². The Hall–Kier alpha value is -0.510. The van der Waals surface area contributed by atoms with Crippen molar-refractivity contribution in [2.75, 3.05) is 19.6 Å². The van der Waals surface area contributed by atoms with Gasteiger partial charge < -0.3 is 5.11 Å². The summed E-state index contributed by atoms with van der Waals surface area (Å²) in [6.07, 6.45) is -0.368. The smallest absolute Gasteiger partial charge is 0.0916 e. The summed E-state index contributed by atoms with van der Waals surface area (Å²) in [7, 11) is 0. The molecule has 1 aromatic carbocycles. The van der Waals surface area contributed by atoms with Crippen molar-refractivity contribution in [1.29, 1.82) is 0 Å². The highest BCUT2D eigenvalue weighted by atomic mass is 32.2. The largest absolute Gasteiger partial charge is 0.387 e. The molecule has 18 heavy (non-hydrogen) atoms. The summed E-state index contributed by atoms with van der Waals surface area (Å²) >= 11 is 2.05. The molecule has 1 saturated heterocycles. The van der Waals surface area contributed by atoms with E-state index in [1.807, 2.05) is 23.9 Å². The molecule has 0 radical (unpaired) electrons. The first-order valence-electron chi connectivity index (χ1n) is 6.67. The predicted molar refractivity (Wildman–Crippen MR) is 79.1 cm³/mol. The number of aliphatic hydroxyl groups excluding tert-OH is 1. The van der Waals surface area contributed by atoms with Crippen LogP contribution in [-0.2, 0) is 0 Å². The Kier molecular flexibility index (Phi) is 4.71. The van der Waals surface area contributed by atoms with Gasteiger partial charge in [0.2, 0.25) is 0 Å². The second kappa shape index (κ2) is 6.09. The topological polar surface area (TPSA) is 23.5 Å². The van der Waals surface area contributed by atoms with Crippen LogP contribution in [0.15, 0.2) is 24.3 Å². The van der Waals surface area contributed by atoms with E-state index in [1.54, 1.807) is 0 Å². The third-order valence-corrected chi connectivity index (χ3v) is 4.62. The molecule has 1 heterocycles. The Morgan fingerprint density at radius 1 is 1.22 bits per heavy atom. The van der Waals surface area contributed by atoms with Crippen molar-refractivity contribution in [3.05, 3.63) is 35.4 Å². The molecule has 0 saturated carbocycles. The van der Waals surface area contributed by atoms with E-state index in [4.69, 9.17) is 0 Å². The fourth-order valence-corrected chi connectivity index (χ4v) is 3.96. The van der Waals surface area contributed by atoms with Crippen molar-refractivity contribution in [1.82, 2.24) is 4.90 Å². The van der Waals surface area contributed by atoms with Crippen molar-refractivity contribution in [2.24, 2.45) is 0 Å². The number of hydrogen-bond acceptors (Lipinski definition) is 3. The average molecular weight is 265 g/mol. The number of aliphatic hydroxyl groups is 1. The van der Waals surface area contributed by atoms with Gasteiger partial charge in [-0.3, -0.25) is 4.90 Å². The van der Waals surface area contributed by atoms with Crippen LogP contribution in [0.1, 0.15) is 31.1 Å². The van der Waals surface area contributed by atoms with Gasteiger partial charge in [-0.05, 0) is 12.5 Å². The highest BCUT2D eigenvalue weighted by Gasteiger charge is 2.24. The van der Waals surface area contributed by atoms with Crippen molar-refractivity contribution >= 4 is 11.8 Å². The van der Waals surface area contributed by atoms with Crippen LogP contribution in [0.4, 0.5) is 0 Å². The highest BCUT2D eigenvalue weighted by molar-refractivity contribution is 8.00. The number of hydrogen-bond donors (Lipinski definition) is 1. The molecule has 1 N–H and O–H groups in total. The van der Waals surface area contributed by atoms with E-state index >= 15 is 0 Å². The zero-order valence-electron chi connectivity index (χ0n) is 11.5. The summed E-state index contributed by atoms with van der Waals surface area (Å²) in [6, 6.07) is 8.20. The van der Waals surface area contributed by atoms with Gasteiger partial charge in [0.15, 0.2) is 0 Å². The van der Waals surface area contributed by atoms with Gasteiger partial charge >= 0.3 is 0 Å². The van der Waals surface area contributed by atoms with Crippen LogP contribution in [0.25, 0.3) is 0 Å². The molecule has 3 heteroatoms. The molecule has 2 rings (SSSR count). The lowest BCUT2D eigenvalue weighted by Crippen LogP contribution is -2.42. The zero-order valence-corrected chi connectivity index (χ0v) is 12.3. The van der Waals surface area contributed by atoms with Crippen LogP contribution in [0.3, 0.4) is 0 Å². The van der Waals surface area contributed by atoms with Crippen LogP contribution in [0.2, 0.25) is 0 Å². The molecule has 3 atom stereocenters. The van der Waals surface area contributed by atoms with E-state index in [-0.39, 0.29) is 6.10 Å². The van der Waals surface area contributed by atoms with Gasteiger partial charge in [0.1, 0.15) is 0 Å². The molecule has 0 amide bonds. The maximum absolute atomic E-state index is 10.3. The molecule has 100 valence electrons. The summed E-state index contributed by atoms with van der Waals surface area (Å²) in [6.45, 7) is 9.52. The van der Waals surface area contributed by atoms with Crippen LogP contribution in [-0.4, -0.2) is 40.1 Å². The Balaban J connectivity index is 1.94. The standard InChI is InChI=1S/C15H23NOS/c1-11-4-6-14(7-5-11)15(17)10-16-8-12(2)18-13(3)9-16/h4-7,12-13,15,17H,8-10H2,1-3H3. The Morgan fingerprint density at radius 3 is 2.33 bits per heavy atom. The highest BCUT2D eigenvalue weighted by Crippen LogP contribution is 2.26. The molecule has 0 aliphatic carbocycles. The molecular formula is C15H23NOS. The average Bonchev–Trinajstić information content (AvgIpc) is 2.28. The normalized spacial score (nSPS) is 27.1. The van der Waals surface area contributed by atoms with Crippen molar-refractivity contribution in [2.45, 2.75) is 37.4 Å². The fourth-order valence-electron chi connectivity index (χ4n) is 2.57. The molecule has 1 fully saturated rings. The van der Waals surface area contributed by atoms with Crippen LogP contribution < -0.4 is 0 Å². The third-order valence-electron chi connectivity index (χ3n) is 3.39. The summed E-state index contributed by atoms with van der Waals surface area (Å²) < 4.78 is 0. The molecule has 2 nitrogen and oxygen atoms in total. The molecule has 1 aliphatic rings. The van der Waals surface area contributed by atoms with Crippen molar-refractivity contribution in [3.63, 3.8) is 0 Å². The van der Waals surface area contributed by atoms with E-state index in [1.165, 1.54) is 5.56 Å². The van der Waals surface area contributed by atoms with Crippen LogP contribution in [0.5, 0.6) is 0 Å². The van der Waals surface area contributed by atoms with E-state index in [0.29, 0.717) is 10.5 Å². The van der Waals surface area contributed by atoms with Crippen LogP contribution in [0, 0.1) is 6.92 Å². The summed E-state index contributed by atoms with van der Waals surface area (Å²) in [5.74, 6) is 0. The minimum atomic E-state index is -0.368. The van der Waals surface area contributed by atoms with Crippen LogP contribution >= 0.6 is 11.8 Å². The minimum Gasteiger partial charge on any atom is -0.387 e. The van der Waals surface area contributed by atoms with Gasteiger partial charge in [-0.2, -0.15) is 11.8 Å². The lowest BCUT2D eigenvalue weighted by molar-refractivity contribution is 0.112. The minimum absolute atomic E-state index is 0.368. The molecule has 0 aromatic heterocycles. The van der Waals surface area contributed by atoms with Gasteiger partial charge in [0, 0.05) is 30.1 Å². The zero-order chi connectivity index (χ0) is 13.1. The number of β-amino-alcohol motifs (C(OH)–C–C–N with tert-alkyl or cyclic N) is 1. The first kappa shape index (κ1) is 13.9. The lowest BCUT2D eigenvalue weighted by Gasteiger charge is -2.35. The molecule has 0 bridgehead atoms. The van der Waals surface area contributed by atoms with Gasteiger partial charge in [-0.15, -0.1) is 0 Å². The van der Waals surface area contributed by atoms with Crippen molar-refractivity contribution < 1.29 is 5.11 Å². The quantitative estimate of drug-likeness (QED) is 0.909. The second-order valence-electron chi connectivity index (χ2n) is 5.40. The predicted octanol–water partition coefficient (Wildman–Crippen LogP) is 2.85. The summed E-state index contributed by atoms with van der Waals surface area (Å²) in [4.78, 5) is 2.39. The Labute approximate surface area is 114 Å². The number of nitrogens with zero attached hydrogens (tertiary/aromatic N) is 1. The van der Waals surface area contributed by atoms with E-state index in [9.17, 15) is 5.11 Å². The third kappa shape index (κ3) is 3.74. The number of thioether (sulfide) groups is 1. The lowest BCUT2D eigenvalue weighted by atomic mass is 10.1. The SMILES string of the molecule is Cc1ccc(C(O)CN2CC(C)SC(C)C2)cc1. The Bertz CT molecular complexity index is 369. The van der Waals surface area contributed by atoms with Crippen molar-refractivity contribution in [3.8, 4) is 0 Å². The molecule has 1 aromatic rings. The first-order valence-corrected chi connectivity index (χ1v) is 7.61. The maximum atomic E-state index is 10.3. The fraction of sp³-hybridized carbons (Fsp3) is 0.600. The number of aryl methyl sites for hydroxylation is 1. The Morgan fingerprint density at radius 2 is 1.78 bits per heavy atom. The monoisotopic (exact) mass is 265 g/mol. The molecular weight excluding hydrogens is 242 g/mol. The van der Waals surface area contributed by atoms with Gasteiger partial charge in [0.25, 0.3) is 0 Å². The second-order valence-corrected chi connectivity index (χ2v) is 7.28. The van der Waals surface area contributed by atoms with Gasteiger partial charge in [-0.1, -0.05) is 43.7 Å². The van der Waals surface area contributed by atoms with E-state index in [2.05, 4.69) is 37.8 Å². The van der Waals surface area contributed by atoms with E-state index in [0.717, 1.165) is 25.2 Å². The summed E-state index contributed by atoms with van der Waals surface area (Å²) in [5, 5.41) is 11.6.